The van der Waals surface area contributed by atoms with Crippen molar-refractivity contribution >= 4 is 17.0 Å². The van der Waals surface area contributed by atoms with Crippen molar-refractivity contribution in [2.45, 2.75) is 39.0 Å². The number of carbonyl (C=O) groups is 1. The van der Waals surface area contributed by atoms with E-state index in [1.807, 2.05) is 57.2 Å². The second kappa shape index (κ2) is 12.6. The number of esters is 1. The van der Waals surface area contributed by atoms with E-state index in [1.165, 1.54) is 4.80 Å². The van der Waals surface area contributed by atoms with Gasteiger partial charge in [-0.05, 0) is 35.6 Å². The average molecular weight is 486 g/mol. The standard InChI is InChI=1S/C26H35N3O6/c1-26(2,3)20-17-19(9-10-24(30)35-16-15-34-14-13-33-12-11-32-4)18-23(25(20)31)29-27-21-7-5-6-8-22(21)28-29/h5-8,17-18,31H,9-16H2,1-4H3. The third-order valence-corrected chi connectivity index (χ3v) is 5.37. The number of ether oxygens (including phenoxy) is 4. The highest BCUT2D eigenvalue weighted by Crippen LogP contribution is 2.36. The van der Waals surface area contributed by atoms with Crippen LogP contribution in [0.25, 0.3) is 16.7 Å². The van der Waals surface area contributed by atoms with Gasteiger partial charge in [-0.2, -0.15) is 0 Å². The van der Waals surface area contributed by atoms with Gasteiger partial charge in [0.05, 0.1) is 33.0 Å². The van der Waals surface area contributed by atoms with E-state index in [0.29, 0.717) is 45.1 Å². The third kappa shape index (κ3) is 7.74. The maximum atomic E-state index is 12.2. The molecule has 0 saturated heterocycles. The van der Waals surface area contributed by atoms with E-state index < -0.39 is 0 Å². The van der Waals surface area contributed by atoms with Gasteiger partial charge in [-0.3, -0.25) is 4.79 Å². The van der Waals surface area contributed by atoms with E-state index in [9.17, 15) is 9.90 Å². The lowest BCUT2D eigenvalue weighted by molar-refractivity contribution is -0.145. The predicted octanol–water partition coefficient (Wildman–Crippen LogP) is 3.58. The number of aryl methyl sites for hydroxylation is 1. The zero-order valence-corrected chi connectivity index (χ0v) is 21.0. The first-order chi connectivity index (χ1) is 16.8. The van der Waals surface area contributed by atoms with Gasteiger partial charge in [0.25, 0.3) is 0 Å². The number of benzene rings is 2. The molecule has 0 aliphatic rings. The molecule has 1 N–H and O–H groups in total. The van der Waals surface area contributed by atoms with Crippen molar-refractivity contribution in [1.29, 1.82) is 0 Å². The van der Waals surface area contributed by atoms with Crippen LogP contribution in [-0.2, 0) is 35.6 Å². The Labute approximate surface area is 205 Å². The molecule has 190 valence electrons. The molecule has 0 radical (unpaired) electrons. The normalized spacial score (nSPS) is 11.8. The van der Waals surface area contributed by atoms with Crippen LogP contribution in [0.15, 0.2) is 36.4 Å². The SMILES string of the molecule is COCCOCCOCCOC(=O)CCc1cc(-n2nc3ccccc3n2)c(O)c(C(C)(C)C)c1. The second-order valence-corrected chi connectivity index (χ2v) is 9.18. The van der Waals surface area contributed by atoms with Gasteiger partial charge in [-0.1, -0.05) is 39.0 Å². The Kier molecular flexibility index (Phi) is 9.59. The van der Waals surface area contributed by atoms with Crippen LogP contribution in [-0.4, -0.2) is 72.8 Å². The summed E-state index contributed by atoms with van der Waals surface area (Å²) in [5.74, 6) is -0.174. The molecule has 3 aromatic rings. The summed E-state index contributed by atoms with van der Waals surface area (Å²) in [6.07, 6.45) is 0.673. The molecule has 2 aromatic carbocycles. The van der Waals surface area contributed by atoms with Crippen LogP contribution < -0.4 is 0 Å². The first-order valence-electron chi connectivity index (χ1n) is 11.8. The maximum Gasteiger partial charge on any atom is 0.306 e. The number of hydrogen-bond acceptors (Lipinski definition) is 8. The molecule has 0 fully saturated rings. The number of hydrogen-bond donors (Lipinski definition) is 1. The molecule has 1 heterocycles. The third-order valence-electron chi connectivity index (χ3n) is 5.37. The number of aromatic hydroxyl groups is 1. The number of phenolic OH excluding ortho intramolecular Hbond substituents is 1. The van der Waals surface area contributed by atoms with Crippen LogP contribution in [0.3, 0.4) is 0 Å². The highest BCUT2D eigenvalue weighted by Gasteiger charge is 2.23. The zero-order chi connectivity index (χ0) is 25.3. The van der Waals surface area contributed by atoms with Crippen LogP contribution in [0.1, 0.15) is 38.3 Å². The van der Waals surface area contributed by atoms with Gasteiger partial charge < -0.3 is 24.1 Å². The molecule has 0 bridgehead atoms. The number of methoxy groups -OCH3 is 1. The fourth-order valence-corrected chi connectivity index (χ4v) is 3.51. The van der Waals surface area contributed by atoms with E-state index in [4.69, 9.17) is 18.9 Å². The predicted molar refractivity (Wildman–Crippen MR) is 132 cm³/mol. The Balaban J connectivity index is 1.59. The summed E-state index contributed by atoms with van der Waals surface area (Å²) in [4.78, 5) is 13.7. The summed E-state index contributed by atoms with van der Waals surface area (Å²) in [5, 5.41) is 20.1. The fourth-order valence-electron chi connectivity index (χ4n) is 3.51. The van der Waals surface area contributed by atoms with E-state index in [-0.39, 0.29) is 30.2 Å². The number of fused-ring (bicyclic) bond motifs is 1. The summed E-state index contributed by atoms with van der Waals surface area (Å²) >= 11 is 0. The topological polar surface area (TPSA) is 105 Å². The molecule has 0 aliphatic heterocycles. The molecule has 1 aromatic heterocycles. The Bertz CT molecular complexity index is 1070. The number of rotatable bonds is 13. The second-order valence-electron chi connectivity index (χ2n) is 9.18. The summed E-state index contributed by atoms with van der Waals surface area (Å²) in [5.41, 5.74) is 3.31. The largest absolute Gasteiger partial charge is 0.505 e. The van der Waals surface area contributed by atoms with Gasteiger partial charge >= 0.3 is 5.97 Å². The van der Waals surface area contributed by atoms with Crippen LogP contribution in [0.4, 0.5) is 0 Å². The van der Waals surface area contributed by atoms with Crippen LogP contribution >= 0.6 is 0 Å². The van der Waals surface area contributed by atoms with Crippen molar-refractivity contribution in [2.75, 3.05) is 46.8 Å². The first-order valence-corrected chi connectivity index (χ1v) is 11.8. The Morgan fingerprint density at radius 3 is 2.14 bits per heavy atom. The highest BCUT2D eigenvalue weighted by atomic mass is 16.6. The molecule has 0 atom stereocenters. The molecule has 3 rings (SSSR count). The van der Waals surface area contributed by atoms with Gasteiger partial charge in [0.15, 0.2) is 0 Å². The van der Waals surface area contributed by atoms with Gasteiger partial charge in [-0.15, -0.1) is 15.0 Å². The number of carbonyl (C=O) groups excluding carboxylic acids is 1. The minimum Gasteiger partial charge on any atom is -0.505 e. The van der Waals surface area contributed by atoms with Crippen LogP contribution in [0.2, 0.25) is 0 Å². The molecular weight excluding hydrogens is 450 g/mol. The summed E-state index contributed by atoms with van der Waals surface area (Å²) < 4.78 is 20.9. The van der Waals surface area contributed by atoms with E-state index in [2.05, 4.69) is 10.2 Å². The molecule has 0 amide bonds. The van der Waals surface area contributed by atoms with Gasteiger partial charge in [0, 0.05) is 19.1 Å². The lowest BCUT2D eigenvalue weighted by atomic mass is 9.84. The molecule has 9 nitrogen and oxygen atoms in total. The van der Waals surface area contributed by atoms with Crippen LogP contribution in [0.5, 0.6) is 5.75 Å². The van der Waals surface area contributed by atoms with E-state index >= 15 is 0 Å². The lowest BCUT2D eigenvalue weighted by Crippen LogP contribution is -2.15. The Morgan fingerprint density at radius 1 is 0.943 bits per heavy atom. The van der Waals surface area contributed by atoms with E-state index in [1.54, 1.807) is 7.11 Å². The molecule has 9 heteroatoms. The monoisotopic (exact) mass is 485 g/mol. The quantitative estimate of drug-likeness (QED) is 0.289. The summed E-state index contributed by atoms with van der Waals surface area (Å²) in [7, 11) is 1.62. The van der Waals surface area contributed by atoms with E-state index in [0.717, 1.165) is 22.2 Å². The Morgan fingerprint density at radius 2 is 1.54 bits per heavy atom. The highest BCUT2D eigenvalue weighted by molar-refractivity contribution is 5.74. The van der Waals surface area contributed by atoms with Crippen LogP contribution in [0, 0.1) is 0 Å². The maximum absolute atomic E-state index is 12.2. The van der Waals surface area contributed by atoms with Gasteiger partial charge in [-0.25, -0.2) is 0 Å². The Hall–Kier alpha value is -3.01. The summed E-state index contributed by atoms with van der Waals surface area (Å²) in [6.45, 7) is 8.56. The number of aromatic nitrogens is 3. The van der Waals surface area contributed by atoms with Crippen molar-refractivity contribution < 1.29 is 28.8 Å². The number of nitrogens with zero attached hydrogens (tertiary/aromatic N) is 3. The molecule has 35 heavy (non-hydrogen) atoms. The van der Waals surface area contributed by atoms with Crippen molar-refractivity contribution in [2.24, 2.45) is 0 Å². The minimum absolute atomic E-state index is 0.132. The van der Waals surface area contributed by atoms with Gasteiger partial charge in [0.1, 0.15) is 29.1 Å². The lowest BCUT2D eigenvalue weighted by Gasteiger charge is -2.23. The van der Waals surface area contributed by atoms with Crippen molar-refractivity contribution in [3.05, 3.63) is 47.5 Å². The number of phenols is 1. The average Bonchev–Trinajstić information content (AvgIpc) is 3.25. The van der Waals surface area contributed by atoms with Crippen molar-refractivity contribution in [1.82, 2.24) is 15.0 Å². The van der Waals surface area contributed by atoms with Crippen molar-refractivity contribution in [3.8, 4) is 11.4 Å². The summed E-state index contributed by atoms with van der Waals surface area (Å²) in [6, 6.07) is 11.3. The van der Waals surface area contributed by atoms with Crippen molar-refractivity contribution in [3.63, 3.8) is 0 Å². The zero-order valence-electron chi connectivity index (χ0n) is 21.0. The first kappa shape index (κ1) is 26.6. The fraction of sp³-hybridized carbons (Fsp3) is 0.500. The molecule has 0 saturated carbocycles. The smallest absolute Gasteiger partial charge is 0.306 e. The van der Waals surface area contributed by atoms with Gasteiger partial charge in [0.2, 0.25) is 0 Å². The molecule has 0 aliphatic carbocycles. The molecule has 0 spiro atoms. The molecule has 0 unspecified atom stereocenters. The molecular formula is C26H35N3O6. The minimum atomic E-state index is -0.313.